The number of hydrogen-bond donors (Lipinski definition) is 0. The molecule has 0 saturated carbocycles. The maximum atomic E-state index is 5.62. The van der Waals surface area contributed by atoms with E-state index in [0.29, 0.717) is 0 Å². The first kappa shape index (κ1) is 14.1. The molecule has 0 amide bonds. The predicted octanol–water partition coefficient (Wildman–Crippen LogP) is 2.30. The molecule has 0 aromatic carbocycles. The molecule has 84 valence electrons. The molecule has 0 heterocycles. The van der Waals surface area contributed by atoms with Gasteiger partial charge in [0.1, 0.15) is 0 Å². The minimum absolute atomic E-state index is 0.940. The molecule has 0 aliphatic rings. The van der Waals surface area contributed by atoms with Crippen molar-refractivity contribution in [3.63, 3.8) is 0 Å². The van der Waals surface area contributed by atoms with E-state index in [4.69, 9.17) is 13.3 Å². The fourth-order valence-electron chi connectivity index (χ4n) is 1.44. The van der Waals surface area contributed by atoms with Crippen molar-refractivity contribution in [3.8, 4) is 0 Å². The van der Waals surface area contributed by atoms with Gasteiger partial charge in [-0.2, -0.15) is 0 Å². The van der Waals surface area contributed by atoms with Gasteiger partial charge in [0.25, 0.3) is 0 Å². The van der Waals surface area contributed by atoms with E-state index in [1.165, 1.54) is 0 Å². The zero-order chi connectivity index (χ0) is 11.2. The average Bonchev–Trinajstić information content (AvgIpc) is 2.18. The Kier molecular flexibility index (Phi) is 5.84. The van der Waals surface area contributed by atoms with Gasteiger partial charge in [-0.3, -0.25) is 0 Å². The minimum Gasteiger partial charge on any atom is -0.420 e. The first-order valence-corrected chi connectivity index (χ1v) is 10.1. The van der Waals surface area contributed by atoms with Crippen LogP contribution in [0.15, 0.2) is 12.7 Å². The van der Waals surface area contributed by atoms with Crippen LogP contribution in [-0.4, -0.2) is 38.2 Å². The second-order valence-electron chi connectivity index (χ2n) is 3.87. The molecule has 14 heavy (non-hydrogen) atoms. The van der Waals surface area contributed by atoms with Crippen molar-refractivity contribution in [1.82, 2.24) is 0 Å². The van der Waals surface area contributed by atoms with E-state index in [9.17, 15) is 0 Å². The van der Waals surface area contributed by atoms with Gasteiger partial charge >= 0.3 is 8.56 Å². The molecule has 5 heteroatoms. The lowest BCUT2D eigenvalue weighted by atomic mass is 10.8. The number of allylic oxidation sites excluding steroid dienone is 1. The van der Waals surface area contributed by atoms with E-state index >= 15 is 0 Å². The van der Waals surface area contributed by atoms with Gasteiger partial charge in [0.2, 0.25) is 0 Å². The summed E-state index contributed by atoms with van der Waals surface area (Å²) in [5, 5.41) is 0. The Bertz CT molecular complexity index is 183. The molecule has 0 N–H and O–H groups in total. The highest BCUT2D eigenvalue weighted by Gasteiger charge is 2.40. The van der Waals surface area contributed by atoms with Crippen LogP contribution in [0.4, 0.5) is 0 Å². The highest BCUT2D eigenvalue weighted by Crippen LogP contribution is 2.24. The van der Waals surface area contributed by atoms with Gasteiger partial charge in [0.15, 0.2) is 8.32 Å². The fraction of sp³-hybridized carbons (Fsp3) is 0.778. The Morgan fingerprint density at radius 3 is 1.86 bits per heavy atom. The summed E-state index contributed by atoms with van der Waals surface area (Å²) in [6, 6.07) is 0.943. The Hall–Kier alpha value is 0.0538. The van der Waals surface area contributed by atoms with E-state index in [1.54, 1.807) is 21.3 Å². The third kappa shape index (κ3) is 4.06. The van der Waals surface area contributed by atoms with Crippen LogP contribution in [0.2, 0.25) is 24.8 Å². The predicted molar refractivity (Wildman–Crippen MR) is 64.1 cm³/mol. The summed E-state index contributed by atoms with van der Waals surface area (Å²) < 4.78 is 16.6. The summed E-state index contributed by atoms with van der Waals surface area (Å²) in [6.07, 6.45) is 1.93. The normalized spacial score (nSPS) is 16.4. The smallest absolute Gasteiger partial charge is 0.333 e. The molecular weight excluding hydrogens is 212 g/mol. The molecule has 0 aliphatic carbocycles. The zero-order valence-corrected chi connectivity index (χ0v) is 11.9. The summed E-state index contributed by atoms with van der Waals surface area (Å²) in [6.45, 7) is 8.03. The van der Waals surface area contributed by atoms with Crippen molar-refractivity contribution < 1.29 is 13.3 Å². The van der Waals surface area contributed by atoms with Crippen molar-refractivity contribution in [2.45, 2.75) is 24.8 Å². The Morgan fingerprint density at radius 2 is 1.57 bits per heavy atom. The fourth-order valence-corrected chi connectivity index (χ4v) is 10.1. The molecule has 0 radical (unpaired) electrons. The van der Waals surface area contributed by atoms with E-state index in [0.717, 1.165) is 11.7 Å². The zero-order valence-electron chi connectivity index (χ0n) is 9.92. The van der Waals surface area contributed by atoms with Gasteiger partial charge < -0.3 is 13.3 Å². The topological polar surface area (TPSA) is 27.7 Å². The number of rotatable bonds is 7. The van der Waals surface area contributed by atoms with Crippen molar-refractivity contribution in [1.29, 1.82) is 0 Å². The molecule has 1 atom stereocenters. The van der Waals surface area contributed by atoms with Crippen LogP contribution < -0.4 is 0 Å². The quantitative estimate of drug-likeness (QED) is 0.500. The average molecular weight is 234 g/mol. The first-order chi connectivity index (χ1) is 6.45. The third-order valence-corrected chi connectivity index (χ3v) is 12.1. The van der Waals surface area contributed by atoms with E-state index in [2.05, 4.69) is 19.7 Å². The van der Waals surface area contributed by atoms with Crippen LogP contribution in [0.25, 0.3) is 0 Å². The van der Waals surface area contributed by atoms with Crippen LogP contribution in [0.5, 0.6) is 0 Å². The van der Waals surface area contributed by atoms with Crippen molar-refractivity contribution >= 4 is 16.9 Å². The maximum Gasteiger partial charge on any atom is 0.333 e. The monoisotopic (exact) mass is 234 g/mol. The summed E-state index contributed by atoms with van der Waals surface area (Å²) in [7, 11) is 1.50. The van der Waals surface area contributed by atoms with Crippen molar-refractivity contribution in [2.24, 2.45) is 0 Å². The lowest BCUT2D eigenvalue weighted by molar-refractivity contribution is 0.251. The highest BCUT2D eigenvalue weighted by molar-refractivity contribution is 6.88. The van der Waals surface area contributed by atoms with Crippen LogP contribution in [-0.2, 0) is 13.3 Å². The van der Waals surface area contributed by atoms with Gasteiger partial charge in [-0.05, 0) is 19.1 Å². The molecule has 0 rings (SSSR count). The van der Waals surface area contributed by atoms with E-state index < -0.39 is 16.9 Å². The standard InChI is InChI=1S/C9H22O3Si2/c1-7-8-13(5,10-2)9-14(6,11-3)12-4/h7H,1,8-9H2,2-6H3. The van der Waals surface area contributed by atoms with Crippen LogP contribution in [0, 0.1) is 0 Å². The molecule has 0 spiro atoms. The molecule has 0 fully saturated rings. The Balaban J connectivity index is 4.49. The molecule has 0 aromatic rings. The maximum absolute atomic E-state index is 5.62. The van der Waals surface area contributed by atoms with Crippen LogP contribution in [0.1, 0.15) is 0 Å². The van der Waals surface area contributed by atoms with Crippen LogP contribution in [0.3, 0.4) is 0 Å². The van der Waals surface area contributed by atoms with Crippen LogP contribution >= 0.6 is 0 Å². The van der Waals surface area contributed by atoms with Gasteiger partial charge in [0.05, 0.1) is 0 Å². The molecule has 0 aromatic heterocycles. The molecule has 0 bridgehead atoms. The second-order valence-corrected chi connectivity index (χ2v) is 12.1. The SMILES string of the molecule is C=CC[Si](C)(C[Si](C)(OC)OC)OC. The largest absolute Gasteiger partial charge is 0.420 e. The first-order valence-electron chi connectivity index (χ1n) is 4.71. The minimum atomic E-state index is -2.00. The molecule has 0 aliphatic heterocycles. The van der Waals surface area contributed by atoms with Gasteiger partial charge in [-0.1, -0.05) is 6.08 Å². The Labute approximate surface area is 89.4 Å². The third-order valence-electron chi connectivity index (χ3n) is 2.63. The van der Waals surface area contributed by atoms with Gasteiger partial charge in [-0.25, -0.2) is 0 Å². The summed E-state index contributed by atoms with van der Waals surface area (Å²) >= 11 is 0. The lowest BCUT2D eigenvalue weighted by Crippen LogP contribution is -2.48. The summed E-state index contributed by atoms with van der Waals surface area (Å²) in [5.41, 5.74) is 0.940. The summed E-state index contributed by atoms with van der Waals surface area (Å²) in [5.74, 6) is 0. The van der Waals surface area contributed by atoms with Crippen molar-refractivity contribution in [2.75, 3.05) is 21.3 Å². The Morgan fingerprint density at radius 1 is 1.07 bits per heavy atom. The molecular formula is C9H22O3Si2. The molecule has 1 unspecified atom stereocenters. The van der Waals surface area contributed by atoms with Gasteiger partial charge in [-0.15, -0.1) is 6.58 Å². The molecule has 0 saturated heterocycles. The second kappa shape index (κ2) is 5.82. The van der Waals surface area contributed by atoms with E-state index in [-0.39, 0.29) is 0 Å². The van der Waals surface area contributed by atoms with Crippen molar-refractivity contribution in [3.05, 3.63) is 12.7 Å². The van der Waals surface area contributed by atoms with E-state index in [1.807, 2.05) is 6.08 Å². The van der Waals surface area contributed by atoms with Gasteiger partial charge in [0, 0.05) is 27.0 Å². The highest BCUT2D eigenvalue weighted by atomic mass is 28.4. The molecule has 3 nitrogen and oxygen atoms in total. The number of hydrogen-bond acceptors (Lipinski definition) is 3. The summed E-state index contributed by atoms with van der Waals surface area (Å²) in [4.78, 5) is 0. The lowest BCUT2D eigenvalue weighted by Gasteiger charge is -2.32.